The standard InChI is InChI=1S/2C7H7.C5H5.C4H11Si.Pt/c2*1-7-5-3-2-4-6-7;1-2-4-5-3-1;1-5(2,3)4;/h2*2-6H,1H2;1-3H,4H2;1H2,2-4H3;. The van der Waals surface area contributed by atoms with E-state index in [4.69, 9.17) is 0 Å². The van der Waals surface area contributed by atoms with E-state index < -0.39 is 24.1 Å². The van der Waals surface area contributed by atoms with Gasteiger partial charge in [-0.25, -0.2) is 0 Å². The third-order valence-corrected chi connectivity index (χ3v) is 25.9. The topological polar surface area (TPSA) is 0 Å². The molecule has 0 atom stereocenters. The summed E-state index contributed by atoms with van der Waals surface area (Å²) in [4.78, 5) is 2.64. The van der Waals surface area contributed by atoms with Crippen LogP contribution >= 0.6 is 0 Å². The SMILES string of the molecule is C[Si](C)(C)[CH2][Pt]([CH2]c1ccccc1)([CH2]c1ccccc1)[C]1=CC=CC1. The Kier molecular flexibility index (Phi) is 5.97. The van der Waals surface area contributed by atoms with Crippen molar-refractivity contribution in [3.8, 4) is 0 Å². The normalized spacial score (nSPS) is 15.2. The van der Waals surface area contributed by atoms with Gasteiger partial charge in [-0.3, -0.25) is 0 Å². The van der Waals surface area contributed by atoms with E-state index in [9.17, 15) is 0 Å². The van der Waals surface area contributed by atoms with E-state index in [0.717, 1.165) is 0 Å². The van der Waals surface area contributed by atoms with E-state index in [0.29, 0.717) is 0 Å². The van der Waals surface area contributed by atoms with Crippen LogP contribution in [-0.4, -0.2) is 8.07 Å². The Balaban J connectivity index is 2.02. The molecule has 3 rings (SSSR count). The number of benzene rings is 2. The molecular formula is C23H30PtSi. The monoisotopic (exact) mass is 529 g/mol. The van der Waals surface area contributed by atoms with Crippen LogP contribution in [0, 0.1) is 0 Å². The molecule has 0 saturated carbocycles. The summed E-state index contributed by atoms with van der Waals surface area (Å²) in [5, 5.41) is 0. The van der Waals surface area contributed by atoms with Crippen molar-refractivity contribution in [3.63, 3.8) is 0 Å². The van der Waals surface area contributed by atoms with E-state index in [1.54, 1.807) is 11.1 Å². The Morgan fingerprint density at radius 1 is 0.800 bits per heavy atom. The van der Waals surface area contributed by atoms with Crippen molar-refractivity contribution >= 4 is 8.07 Å². The molecule has 0 fully saturated rings. The average molecular weight is 530 g/mol. The summed E-state index contributed by atoms with van der Waals surface area (Å²) in [6, 6.07) is 22.5. The van der Waals surface area contributed by atoms with Gasteiger partial charge in [-0.05, 0) is 0 Å². The third-order valence-electron chi connectivity index (χ3n) is 4.06. The first-order valence-corrected chi connectivity index (χ1v) is 18.6. The quantitative estimate of drug-likeness (QED) is 0.351. The van der Waals surface area contributed by atoms with Gasteiger partial charge in [0.05, 0.1) is 0 Å². The first kappa shape index (κ1) is 18.6. The minimum atomic E-state index is -2.17. The van der Waals surface area contributed by atoms with Gasteiger partial charge in [-0.15, -0.1) is 0 Å². The molecule has 0 radical (unpaired) electrons. The third kappa shape index (κ3) is 5.15. The molecule has 2 aromatic carbocycles. The molecule has 2 aromatic rings. The molecule has 0 N–H and O–H groups in total. The summed E-state index contributed by atoms with van der Waals surface area (Å²) < 4.78 is 3.32. The fourth-order valence-electron chi connectivity index (χ4n) is 3.23. The predicted molar refractivity (Wildman–Crippen MR) is 110 cm³/mol. The second-order valence-electron chi connectivity index (χ2n) is 7.88. The van der Waals surface area contributed by atoms with Crippen molar-refractivity contribution in [2.45, 2.75) is 40.1 Å². The van der Waals surface area contributed by atoms with Crippen LogP contribution in [0.1, 0.15) is 17.5 Å². The van der Waals surface area contributed by atoms with Crippen molar-refractivity contribution in [1.82, 2.24) is 0 Å². The molecule has 0 heterocycles. The van der Waals surface area contributed by atoms with E-state index in [-0.39, 0.29) is 0 Å². The summed E-state index contributed by atoms with van der Waals surface area (Å²) >= 11 is -2.17. The van der Waals surface area contributed by atoms with Gasteiger partial charge in [-0.1, -0.05) is 0 Å². The van der Waals surface area contributed by atoms with Gasteiger partial charge in [0.2, 0.25) is 0 Å². The van der Waals surface area contributed by atoms with Crippen molar-refractivity contribution in [2.75, 3.05) is 0 Å². The molecule has 1 aliphatic carbocycles. The van der Waals surface area contributed by atoms with E-state index >= 15 is 0 Å². The number of hydrogen-bond acceptors (Lipinski definition) is 0. The molecule has 0 amide bonds. The molecule has 0 bridgehead atoms. The molecule has 0 nitrogen and oxygen atoms in total. The van der Waals surface area contributed by atoms with E-state index in [1.807, 2.05) is 3.96 Å². The van der Waals surface area contributed by atoms with Crippen LogP contribution < -0.4 is 0 Å². The van der Waals surface area contributed by atoms with Gasteiger partial charge in [0.1, 0.15) is 0 Å². The molecule has 136 valence electrons. The van der Waals surface area contributed by atoms with Crippen LogP contribution in [-0.2, 0) is 25.7 Å². The fraction of sp³-hybridized carbons (Fsp3) is 0.304. The predicted octanol–water partition coefficient (Wildman–Crippen LogP) is 6.68. The van der Waals surface area contributed by atoms with Crippen LogP contribution in [0.15, 0.2) is 82.9 Å². The van der Waals surface area contributed by atoms with Gasteiger partial charge in [-0.2, -0.15) is 0 Å². The molecular weight excluding hydrogens is 499 g/mol. The molecule has 0 aliphatic heterocycles. The van der Waals surface area contributed by atoms with Gasteiger partial charge >= 0.3 is 158 Å². The first-order valence-electron chi connectivity index (χ1n) is 8.93. The van der Waals surface area contributed by atoms with Gasteiger partial charge in [0, 0.05) is 0 Å². The number of allylic oxidation sites excluding steroid dienone is 4. The van der Waals surface area contributed by atoms with Gasteiger partial charge < -0.3 is 0 Å². The zero-order valence-electron chi connectivity index (χ0n) is 15.7. The summed E-state index contributed by atoms with van der Waals surface area (Å²) in [6.07, 6.45) is 8.34. The zero-order chi connectivity index (χ0) is 17.8. The summed E-state index contributed by atoms with van der Waals surface area (Å²) in [7, 11) is -1.16. The van der Waals surface area contributed by atoms with Crippen molar-refractivity contribution in [1.29, 1.82) is 0 Å². The molecule has 0 saturated heterocycles. The molecule has 0 aromatic heterocycles. The fourth-order valence-corrected chi connectivity index (χ4v) is 30.1. The maximum absolute atomic E-state index is 2.56. The number of rotatable bonds is 7. The molecule has 25 heavy (non-hydrogen) atoms. The Labute approximate surface area is 157 Å². The van der Waals surface area contributed by atoms with Crippen molar-refractivity contribution in [2.24, 2.45) is 0 Å². The zero-order valence-corrected chi connectivity index (χ0v) is 18.9. The Hall–Kier alpha value is -1.17. The molecule has 0 spiro atoms. The molecule has 2 heteroatoms. The van der Waals surface area contributed by atoms with Crippen molar-refractivity contribution in [3.05, 3.63) is 94.0 Å². The average Bonchev–Trinajstić information content (AvgIpc) is 3.10. The van der Waals surface area contributed by atoms with Crippen LogP contribution in [0.4, 0.5) is 0 Å². The second-order valence-corrected chi connectivity index (χ2v) is 24.5. The number of hydrogen-bond donors (Lipinski definition) is 0. The Morgan fingerprint density at radius 3 is 1.72 bits per heavy atom. The summed E-state index contributed by atoms with van der Waals surface area (Å²) in [5.41, 5.74) is 3.09. The van der Waals surface area contributed by atoms with Crippen LogP contribution in [0.5, 0.6) is 0 Å². The summed E-state index contributed by atoms with van der Waals surface area (Å²) in [6.45, 7) is 7.68. The van der Waals surface area contributed by atoms with Crippen LogP contribution in [0.3, 0.4) is 0 Å². The van der Waals surface area contributed by atoms with E-state index in [1.165, 1.54) is 20.5 Å². The molecule has 1 aliphatic rings. The Morgan fingerprint density at radius 2 is 1.32 bits per heavy atom. The van der Waals surface area contributed by atoms with Crippen molar-refractivity contribution < 1.29 is 16.1 Å². The summed E-state index contributed by atoms with van der Waals surface area (Å²) in [5.74, 6) is 0. The minimum absolute atomic E-state index is 1.16. The van der Waals surface area contributed by atoms with Gasteiger partial charge in [0.25, 0.3) is 0 Å². The Bertz CT molecular complexity index is 697. The molecule has 0 unspecified atom stereocenters. The van der Waals surface area contributed by atoms with E-state index in [2.05, 4.69) is 98.5 Å². The maximum atomic E-state index is 2.56. The van der Waals surface area contributed by atoms with Gasteiger partial charge in [0.15, 0.2) is 0 Å². The van der Waals surface area contributed by atoms with Crippen LogP contribution in [0.2, 0.25) is 24.1 Å². The first-order chi connectivity index (χ1) is 12.0. The second kappa shape index (κ2) is 8.02. The van der Waals surface area contributed by atoms with Crippen LogP contribution in [0.25, 0.3) is 0 Å².